The van der Waals surface area contributed by atoms with Crippen LogP contribution in [0.2, 0.25) is 0 Å². The Hall–Kier alpha value is -2.35. The molecule has 1 aromatic rings. The van der Waals surface area contributed by atoms with Gasteiger partial charge >= 0.3 is 0 Å². The second-order valence-electron chi connectivity index (χ2n) is 3.69. The second kappa shape index (κ2) is 7.07. The first kappa shape index (κ1) is 13.7. The van der Waals surface area contributed by atoms with Crippen LogP contribution in [-0.2, 0) is 0 Å². The van der Waals surface area contributed by atoms with Gasteiger partial charge in [-0.1, -0.05) is 12.1 Å². The smallest absolute Gasteiger partial charge is 0.282 e. The van der Waals surface area contributed by atoms with Crippen LogP contribution in [0.3, 0.4) is 0 Å². The molecule has 5 heteroatoms. The van der Waals surface area contributed by atoms with E-state index in [9.17, 15) is 14.9 Å². The standard InChI is InChI=1S/C13H14N2O3/c1-2-3-4-7-10-14-13(16)11-8-5-6-9-12(11)15(17)18/h1,5-6,8-9H,3-4,7,10H2,(H,14,16). The fourth-order valence-corrected chi connectivity index (χ4v) is 1.47. The number of carbonyl (C=O) groups excluding carboxylic acids is 1. The van der Waals surface area contributed by atoms with E-state index in [1.54, 1.807) is 6.07 Å². The van der Waals surface area contributed by atoms with E-state index in [1.165, 1.54) is 18.2 Å². The molecule has 1 amide bonds. The summed E-state index contributed by atoms with van der Waals surface area (Å²) >= 11 is 0. The summed E-state index contributed by atoms with van der Waals surface area (Å²) in [5, 5.41) is 13.4. The lowest BCUT2D eigenvalue weighted by atomic mass is 10.1. The predicted molar refractivity (Wildman–Crippen MR) is 68.1 cm³/mol. The van der Waals surface area contributed by atoms with Gasteiger partial charge in [-0.05, 0) is 18.9 Å². The fraction of sp³-hybridized carbons (Fsp3) is 0.308. The van der Waals surface area contributed by atoms with E-state index in [0.717, 1.165) is 12.8 Å². The van der Waals surface area contributed by atoms with Crippen LogP contribution in [0.5, 0.6) is 0 Å². The highest BCUT2D eigenvalue weighted by Gasteiger charge is 2.18. The monoisotopic (exact) mass is 246 g/mol. The topological polar surface area (TPSA) is 72.2 Å². The molecule has 0 bridgehead atoms. The van der Waals surface area contributed by atoms with Crippen LogP contribution in [0.25, 0.3) is 0 Å². The van der Waals surface area contributed by atoms with Gasteiger partial charge in [0, 0.05) is 19.0 Å². The molecule has 0 aliphatic rings. The Bertz CT molecular complexity index is 477. The van der Waals surface area contributed by atoms with E-state index in [2.05, 4.69) is 11.2 Å². The molecule has 1 rings (SSSR count). The number of nitro benzene ring substituents is 1. The first-order chi connectivity index (χ1) is 8.66. The normalized spacial score (nSPS) is 9.50. The molecular formula is C13H14N2O3. The van der Waals surface area contributed by atoms with E-state index < -0.39 is 10.8 Å². The molecule has 0 atom stereocenters. The van der Waals surface area contributed by atoms with Crippen molar-refractivity contribution in [3.63, 3.8) is 0 Å². The van der Waals surface area contributed by atoms with Gasteiger partial charge in [-0.15, -0.1) is 12.3 Å². The maximum absolute atomic E-state index is 11.7. The van der Waals surface area contributed by atoms with Gasteiger partial charge in [-0.3, -0.25) is 14.9 Å². The Balaban J connectivity index is 2.57. The molecule has 0 saturated carbocycles. The molecule has 0 radical (unpaired) electrons. The third-order valence-electron chi connectivity index (χ3n) is 2.38. The quantitative estimate of drug-likeness (QED) is 0.361. The van der Waals surface area contributed by atoms with Gasteiger partial charge in [0.05, 0.1) is 4.92 Å². The number of nitro groups is 1. The van der Waals surface area contributed by atoms with Crippen LogP contribution in [0.15, 0.2) is 24.3 Å². The van der Waals surface area contributed by atoms with Crippen molar-refractivity contribution in [1.82, 2.24) is 5.32 Å². The van der Waals surface area contributed by atoms with Crippen LogP contribution in [-0.4, -0.2) is 17.4 Å². The summed E-state index contributed by atoms with van der Waals surface area (Å²) in [5.74, 6) is 2.08. The van der Waals surface area contributed by atoms with Crippen molar-refractivity contribution in [2.24, 2.45) is 0 Å². The molecule has 0 fully saturated rings. The number of hydrogen-bond donors (Lipinski definition) is 1. The number of benzene rings is 1. The number of amides is 1. The summed E-state index contributed by atoms with van der Waals surface area (Å²) in [7, 11) is 0. The summed E-state index contributed by atoms with van der Waals surface area (Å²) in [6.45, 7) is 0.465. The van der Waals surface area contributed by atoms with Gasteiger partial charge in [0.2, 0.25) is 0 Å². The van der Waals surface area contributed by atoms with E-state index in [0.29, 0.717) is 13.0 Å². The lowest BCUT2D eigenvalue weighted by Gasteiger charge is -2.04. The number of rotatable bonds is 6. The largest absolute Gasteiger partial charge is 0.352 e. The Morgan fingerprint density at radius 3 is 2.78 bits per heavy atom. The van der Waals surface area contributed by atoms with Crippen LogP contribution in [0, 0.1) is 22.5 Å². The van der Waals surface area contributed by atoms with Gasteiger partial charge in [0.1, 0.15) is 5.56 Å². The molecule has 1 aromatic carbocycles. The molecule has 5 nitrogen and oxygen atoms in total. The van der Waals surface area contributed by atoms with E-state index in [4.69, 9.17) is 6.42 Å². The van der Waals surface area contributed by atoms with Crippen LogP contribution in [0.4, 0.5) is 5.69 Å². The van der Waals surface area contributed by atoms with E-state index >= 15 is 0 Å². The summed E-state index contributed by atoms with van der Waals surface area (Å²) in [6.07, 6.45) is 7.36. The highest BCUT2D eigenvalue weighted by molar-refractivity contribution is 5.98. The maximum atomic E-state index is 11.7. The lowest BCUT2D eigenvalue weighted by Crippen LogP contribution is -2.25. The minimum absolute atomic E-state index is 0.0828. The molecule has 0 spiro atoms. The fourth-order valence-electron chi connectivity index (χ4n) is 1.47. The molecule has 94 valence electrons. The lowest BCUT2D eigenvalue weighted by molar-refractivity contribution is -0.385. The first-order valence-electron chi connectivity index (χ1n) is 5.62. The van der Waals surface area contributed by atoms with Crippen molar-refractivity contribution in [3.8, 4) is 12.3 Å². The number of unbranched alkanes of at least 4 members (excludes halogenated alkanes) is 2. The molecule has 0 heterocycles. The Morgan fingerprint density at radius 2 is 2.11 bits per heavy atom. The summed E-state index contributed by atoms with van der Waals surface area (Å²) in [5.41, 5.74) is -0.0990. The molecule has 1 N–H and O–H groups in total. The molecule has 0 aromatic heterocycles. The molecule has 0 saturated heterocycles. The number of hydrogen-bond acceptors (Lipinski definition) is 3. The average molecular weight is 246 g/mol. The van der Waals surface area contributed by atoms with Gasteiger partial charge in [0.25, 0.3) is 11.6 Å². The number of nitrogens with one attached hydrogen (secondary N) is 1. The maximum Gasteiger partial charge on any atom is 0.282 e. The Labute approximate surface area is 105 Å². The van der Waals surface area contributed by atoms with Crippen molar-refractivity contribution in [1.29, 1.82) is 0 Å². The van der Waals surface area contributed by atoms with E-state index in [-0.39, 0.29) is 11.3 Å². The zero-order chi connectivity index (χ0) is 13.4. The van der Waals surface area contributed by atoms with Crippen molar-refractivity contribution >= 4 is 11.6 Å². The van der Waals surface area contributed by atoms with E-state index in [1.807, 2.05) is 0 Å². The first-order valence-corrected chi connectivity index (χ1v) is 5.62. The molecule has 0 unspecified atom stereocenters. The third kappa shape index (κ3) is 3.91. The highest BCUT2D eigenvalue weighted by Crippen LogP contribution is 2.17. The van der Waals surface area contributed by atoms with Gasteiger partial charge in [-0.25, -0.2) is 0 Å². The van der Waals surface area contributed by atoms with Gasteiger partial charge in [0.15, 0.2) is 0 Å². The van der Waals surface area contributed by atoms with Gasteiger partial charge in [-0.2, -0.15) is 0 Å². The minimum Gasteiger partial charge on any atom is -0.352 e. The number of nitrogens with zero attached hydrogens (tertiary/aromatic N) is 1. The van der Waals surface area contributed by atoms with Gasteiger partial charge < -0.3 is 5.32 Å². The molecule has 0 aliphatic carbocycles. The van der Waals surface area contributed by atoms with Crippen molar-refractivity contribution in [2.45, 2.75) is 19.3 Å². The Morgan fingerprint density at radius 1 is 1.39 bits per heavy atom. The van der Waals surface area contributed by atoms with Crippen LogP contribution < -0.4 is 5.32 Å². The van der Waals surface area contributed by atoms with Crippen molar-refractivity contribution in [3.05, 3.63) is 39.9 Å². The predicted octanol–water partition coefficient (Wildman–Crippen LogP) is 2.13. The van der Waals surface area contributed by atoms with Crippen LogP contribution in [0.1, 0.15) is 29.6 Å². The summed E-state index contributed by atoms with van der Waals surface area (Å²) in [6, 6.07) is 5.88. The average Bonchev–Trinajstić information content (AvgIpc) is 2.38. The molecule has 18 heavy (non-hydrogen) atoms. The summed E-state index contributed by atoms with van der Waals surface area (Å²) < 4.78 is 0. The number of para-hydroxylation sites is 1. The second-order valence-corrected chi connectivity index (χ2v) is 3.69. The van der Waals surface area contributed by atoms with Crippen molar-refractivity contribution < 1.29 is 9.72 Å². The minimum atomic E-state index is -0.562. The molecule has 0 aliphatic heterocycles. The SMILES string of the molecule is C#CCCCCNC(=O)c1ccccc1[N+](=O)[O-]. The third-order valence-corrected chi connectivity index (χ3v) is 2.38. The number of carbonyl (C=O) groups is 1. The zero-order valence-electron chi connectivity index (χ0n) is 9.89. The Kier molecular flexibility index (Phi) is 5.39. The zero-order valence-corrected chi connectivity index (χ0v) is 9.89. The van der Waals surface area contributed by atoms with Crippen molar-refractivity contribution in [2.75, 3.05) is 6.54 Å². The summed E-state index contributed by atoms with van der Waals surface area (Å²) in [4.78, 5) is 21.9. The van der Waals surface area contributed by atoms with Crippen LogP contribution >= 0.6 is 0 Å². The molecular weight excluding hydrogens is 232 g/mol. The highest BCUT2D eigenvalue weighted by atomic mass is 16.6. The number of terminal acetylenes is 1.